The largest absolute Gasteiger partial charge is 0.444 e. The van der Waals surface area contributed by atoms with Crippen molar-refractivity contribution in [1.29, 1.82) is 0 Å². The van der Waals surface area contributed by atoms with Crippen LogP contribution in [0.4, 0.5) is 10.5 Å². The highest BCUT2D eigenvalue weighted by atomic mass is 16.6. The molecule has 4 nitrogen and oxygen atoms in total. The molecular formula is C19H17NO3. The lowest BCUT2D eigenvalue weighted by Crippen LogP contribution is -2.56. The van der Waals surface area contributed by atoms with Gasteiger partial charge in [-0.1, -0.05) is 42.5 Å². The van der Waals surface area contributed by atoms with Crippen LogP contribution in [0.5, 0.6) is 0 Å². The summed E-state index contributed by atoms with van der Waals surface area (Å²) in [5, 5.41) is 0. The topological polar surface area (TPSA) is 46.6 Å². The smallest absolute Gasteiger partial charge is 0.414 e. The van der Waals surface area contributed by atoms with Gasteiger partial charge in [-0.2, -0.15) is 0 Å². The lowest BCUT2D eigenvalue weighted by molar-refractivity contribution is 0.0782. The predicted molar refractivity (Wildman–Crippen MR) is 86.4 cm³/mol. The number of nitrogens with zero attached hydrogens (tertiary/aromatic N) is 1. The molecule has 2 aromatic rings. The van der Waals surface area contributed by atoms with Crippen molar-refractivity contribution >= 4 is 17.6 Å². The number of fused-ring (bicyclic) bond motifs is 2. The Hall–Kier alpha value is -2.62. The Balaban J connectivity index is 1.59. The number of hydrogen-bond acceptors (Lipinski definition) is 3. The number of hydrogen-bond donors (Lipinski definition) is 0. The van der Waals surface area contributed by atoms with E-state index in [2.05, 4.69) is 0 Å². The van der Waals surface area contributed by atoms with Crippen LogP contribution in [0.2, 0.25) is 0 Å². The number of ketones is 1. The van der Waals surface area contributed by atoms with Gasteiger partial charge in [-0.05, 0) is 30.5 Å². The summed E-state index contributed by atoms with van der Waals surface area (Å²) >= 11 is 0. The van der Waals surface area contributed by atoms with Gasteiger partial charge in [-0.3, -0.25) is 9.69 Å². The van der Waals surface area contributed by atoms with Crippen LogP contribution in [0.3, 0.4) is 0 Å². The van der Waals surface area contributed by atoms with Crippen molar-refractivity contribution in [2.45, 2.75) is 25.5 Å². The van der Waals surface area contributed by atoms with Crippen molar-refractivity contribution < 1.29 is 14.3 Å². The number of carbonyl (C=O) groups is 2. The molecule has 23 heavy (non-hydrogen) atoms. The molecule has 0 N–H and O–H groups in total. The highest BCUT2D eigenvalue weighted by Gasteiger charge is 2.48. The molecule has 0 saturated heterocycles. The van der Waals surface area contributed by atoms with E-state index in [0.29, 0.717) is 11.3 Å². The second-order valence-electron chi connectivity index (χ2n) is 6.04. The molecule has 0 unspecified atom stereocenters. The zero-order valence-electron chi connectivity index (χ0n) is 12.6. The molecule has 0 aromatic heterocycles. The SMILES string of the molecule is O=C1c2ccccc2N(C(=O)OCc2ccccc2)[C@@H]2CC[C@H]12. The van der Waals surface area contributed by atoms with E-state index >= 15 is 0 Å². The maximum absolute atomic E-state index is 12.6. The van der Waals surface area contributed by atoms with Gasteiger partial charge in [0.15, 0.2) is 5.78 Å². The van der Waals surface area contributed by atoms with E-state index < -0.39 is 0 Å². The number of carbonyl (C=O) groups excluding carboxylic acids is 2. The monoisotopic (exact) mass is 307 g/mol. The first-order chi connectivity index (χ1) is 11.3. The molecule has 4 heteroatoms. The number of rotatable bonds is 2. The first kappa shape index (κ1) is 14.0. The molecule has 1 aliphatic carbocycles. The number of benzene rings is 2. The Labute approximate surface area is 134 Å². The number of Topliss-reactive ketones (excluding diaryl/α,β-unsaturated/α-hetero) is 1. The fourth-order valence-corrected chi connectivity index (χ4v) is 3.39. The quantitative estimate of drug-likeness (QED) is 0.847. The highest BCUT2D eigenvalue weighted by Crippen LogP contribution is 2.44. The Morgan fingerprint density at radius 3 is 2.52 bits per heavy atom. The minimum absolute atomic E-state index is 0.0549. The molecule has 1 heterocycles. The molecule has 2 atom stereocenters. The Bertz CT molecular complexity index is 756. The van der Waals surface area contributed by atoms with Crippen molar-refractivity contribution in [3.8, 4) is 0 Å². The van der Waals surface area contributed by atoms with E-state index in [-0.39, 0.29) is 30.4 Å². The molecule has 2 aromatic carbocycles. The molecule has 0 bridgehead atoms. The van der Waals surface area contributed by atoms with Crippen LogP contribution in [0.15, 0.2) is 54.6 Å². The Morgan fingerprint density at radius 1 is 1.04 bits per heavy atom. The third-order valence-electron chi connectivity index (χ3n) is 4.74. The molecule has 1 saturated carbocycles. The van der Waals surface area contributed by atoms with Gasteiger partial charge in [0.2, 0.25) is 0 Å². The zero-order chi connectivity index (χ0) is 15.8. The molecule has 4 rings (SSSR count). The van der Waals surface area contributed by atoms with E-state index in [9.17, 15) is 9.59 Å². The minimum Gasteiger partial charge on any atom is -0.444 e. The fraction of sp³-hybridized carbons (Fsp3) is 0.263. The average Bonchev–Trinajstić information content (AvgIpc) is 2.56. The molecule has 0 spiro atoms. The summed E-state index contributed by atoms with van der Waals surface area (Å²) in [6.07, 6.45) is 1.33. The molecule has 116 valence electrons. The van der Waals surface area contributed by atoms with Gasteiger partial charge in [-0.25, -0.2) is 4.79 Å². The minimum atomic E-state index is -0.372. The van der Waals surface area contributed by atoms with Crippen LogP contribution < -0.4 is 4.90 Å². The Kier molecular flexibility index (Phi) is 3.37. The summed E-state index contributed by atoms with van der Waals surface area (Å²) in [7, 11) is 0. The van der Waals surface area contributed by atoms with E-state index in [0.717, 1.165) is 18.4 Å². The van der Waals surface area contributed by atoms with Crippen molar-refractivity contribution in [1.82, 2.24) is 0 Å². The first-order valence-corrected chi connectivity index (χ1v) is 7.89. The highest BCUT2D eigenvalue weighted by molar-refractivity contribution is 6.10. The normalized spacial score (nSPS) is 21.9. The lowest BCUT2D eigenvalue weighted by atomic mass is 9.71. The fourth-order valence-electron chi connectivity index (χ4n) is 3.39. The predicted octanol–water partition coefficient (Wildman–Crippen LogP) is 3.80. The third kappa shape index (κ3) is 2.31. The van der Waals surface area contributed by atoms with E-state index in [1.807, 2.05) is 48.5 Å². The summed E-state index contributed by atoms with van der Waals surface area (Å²) in [6.45, 7) is 0.240. The van der Waals surface area contributed by atoms with Crippen LogP contribution in [-0.4, -0.2) is 17.9 Å². The zero-order valence-corrected chi connectivity index (χ0v) is 12.6. The van der Waals surface area contributed by atoms with Crippen LogP contribution in [-0.2, 0) is 11.3 Å². The van der Waals surface area contributed by atoms with Gasteiger partial charge in [-0.15, -0.1) is 0 Å². The van der Waals surface area contributed by atoms with Crippen molar-refractivity contribution in [3.63, 3.8) is 0 Å². The van der Waals surface area contributed by atoms with Gasteiger partial charge in [0.25, 0.3) is 0 Å². The van der Waals surface area contributed by atoms with Crippen LogP contribution in [0.1, 0.15) is 28.8 Å². The Morgan fingerprint density at radius 2 is 1.78 bits per heavy atom. The summed E-state index contributed by atoms with van der Waals surface area (Å²) in [4.78, 5) is 26.7. The number of anilines is 1. The van der Waals surface area contributed by atoms with Crippen LogP contribution >= 0.6 is 0 Å². The molecule has 1 aliphatic heterocycles. The maximum atomic E-state index is 12.6. The molecule has 0 radical (unpaired) electrons. The third-order valence-corrected chi connectivity index (χ3v) is 4.74. The summed E-state index contributed by atoms with van der Waals surface area (Å²) in [6, 6.07) is 16.9. The van der Waals surface area contributed by atoms with Crippen molar-refractivity contribution in [2.75, 3.05) is 4.90 Å². The van der Waals surface area contributed by atoms with Crippen LogP contribution in [0.25, 0.3) is 0 Å². The molecule has 1 fully saturated rings. The summed E-state index contributed by atoms with van der Waals surface area (Å²) < 4.78 is 5.49. The van der Waals surface area contributed by atoms with E-state index in [1.165, 1.54) is 0 Å². The van der Waals surface area contributed by atoms with Gasteiger partial charge in [0, 0.05) is 11.5 Å². The summed E-state index contributed by atoms with van der Waals surface area (Å²) in [5.41, 5.74) is 2.26. The number of para-hydroxylation sites is 1. The second-order valence-corrected chi connectivity index (χ2v) is 6.04. The van der Waals surface area contributed by atoms with E-state index in [4.69, 9.17) is 4.74 Å². The molecular weight excluding hydrogens is 290 g/mol. The standard InChI is InChI=1S/C19H17NO3/c21-18-14-8-4-5-9-16(14)20(17-11-10-15(17)18)19(22)23-12-13-6-2-1-3-7-13/h1-9,15,17H,10-12H2/t15-,17+/m0/s1. The first-order valence-electron chi connectivity index (χ1n) is 7.89. The van der Waals surface area contributed by atoms with Gasteiger partial charge in [0.05, 0.1) is 11.7 Å². The van der Waals surface area contributed by atoms with Gasteiger partial charge >= 0.3 is 6.09 Å². The molecule has 1 amide bonds. The van der Waals surface area contributed by atoms with Gasteiger partial charge < -0.3 is 4.74 Å². The number of ether oxygens (including phenoxy) is 1. The number of amides is 1. The lowest BCUT2D eigenvalue weighted by Gasteiger charge is -2.46. The second kappa shape index (κ2) is 5.54. The van der Waals surface area contributed by atoms with Crippen LogP contribution in [0, 0.1) is 5.92 Å². The van der Waals surface area contributed by atoms with Crippen molar-refractivity contribution in [2.24, 2.45) is 5.92 Å². The maximum Gasteiger partial charge on any atom is 0.414 e. The average molecular weight is 307 g/mol. The summed E-state index contributed by atoms with van der Waals surface area (Å²) in [5.74, 6) is 0.0816. The molecule has 2 aliphatic rings. The van der Waals surface area contributed by atoms with Crippen molar-refractivity contribution in [3.05, 3.63) is 65.7 Å². The van der Waals surface area contributed by atoms with Gasteiger partial charge in [0.1, 0.15) is 6.61 Å². The van der Waals surface area contributed by atoms with E-state index in [1.54, 1.807) is 11.0 Å².